The van der Waals surface area contributed by atoms with Crippen LogP contribution in [-0.4, -0.2) is 43.4 Å². The van der Waals surface area contributed by atoms with Crippen LogP contribution in [-0.2, 0) is 6.18 Å². The molecule has 0 radical (unpaired) electrons. The number of piperazine rings is 1. The number of thiophene rings is 1. The molecule has 1 aromatic carbocycles. The van der Waals surface area contributed by atoms with E-state index in [9.17, 15) is 13.2 Å². The number of hydrogen-bond acceptors (Lipinski definition) is 4. The summed E-state index contributed by atoms with van der Waals surface area (Å²) in [4.78, 5) is 4.45. The van der Waals surface area contributed by atoms with Crippen molar-refractivity contribution in [2.45, 2.75) is 16.8 Å². The van der Waals surface area contributed by atoms with E-state index >= 15 is 0 Å². The van der Waals surface area contributed by atoms with Gasteiger partial charge in [-0.15, -0.1) is 23.1 Å². The van der Waals surface area contributed by atoms with Gasteiger partial charge in [-0.1, -0.05) is 12.1 Å². The molecule has 7 heteroatoms. The lowest BCUT2D eigenvalue weighted by Gasteiger charge is -2.36. The molecule has 2 heterocycles. The van der Waals surface area contributed by atoms with Crippen LogP contribution in [0.25, 0.3) is 0 Å². The summed E-state index contributed by atoms with van der Waals surface area (Å²) in [7, 11) is 0. The Morgan fingerprint density at radius 2 is 1.84 bits per heavy atom. The molecule has 1 saturated heterocycles. The van der Waals surface area contributed by atoms with Gasteiger partial charge < -0.3 is 4.90 Å². The normalized spacial score (nSPS) is 16.4. The summed E-state index contributed by atoms with van der Waals surface area (Å²) in [6.45, 7) is 4.41. The highest BCUT2D eigenvalue weighted by molar-refractivity contribution is 8.01. The fraction of sp³-hybridized carbons (Fsp3) is 0.444. The van der Waals surface area contributed by atoms with E-state index in [1.807, 2.05) is 16.7 Å². The average molecular weight is 387 g/mol. The Morgan fingerprint density at radius 3 is 2.52 bits per heavy atom. The first-order chi connectivity index (χ1) is 12.0. The van der Waals surface area contributed by atoms with Gasteiger partial charge >= 0.3 is 6.18 Å². The van der Waals surface area contributed by atoms with Crippen molar-refractivity contribution < 1.29 is 13.2 Å². The Balaban J connectivity index is 1.42. The predicted molar refractivity (Wildman–Crippen MR) is 99.8 cm³/mol. The third-order valence-electron chi connectivity index (χ3n) is 4.27. The molecule has 0 amide bonds. The van der Waals surface area contributed by atoms with Crippen LogP contribution in [0, 0.1) is 0 Å². The minimum Gasteiger partial charge on any atom is -0.369 e. The second-order valence-electron chi connectivity index (χ2n) is 6.01. The van der Waals surface area contributed by atoms with Gasteiger partial charge in [-0.3, -0.25) is 4.90 Å². The lowest BCUT2D eigenvalue weighted by atomic mass is 10.1. The van der Waals surface area contributed by atoms with Crippen LogP contribution in [0.3, 0.4) is 0 Å². The van der Waals surface area contributed by atoms with E-state index in [1.165, 1.54) is 16.3 Å². The van der Waals surface area contributed by atoms with Gasteiger partial charge in [-0.25, -0.2) is 0 Å². The topological polar surface area (TPSA) is 6.48 Å². The lowest BCUT2D eigenvalue weighted by Crippen LogP contribution is -2.46. The van der Waals surface area contributed by atoms with Crippen molar-refractivity contribution in [3.63, 3.8) is 0 Å². The number of anilines is 1. The van der Waals surface area contributed by atoms with Gasteiger partial charge in [0.2, 0.25) is 0 Å². The first-order valence-corrected chi connectivity index (χ1v) is 10.2. The molecular weight excluding hydrogens is 365 g/mol. The molecule has 3 rings (SSSR count). The summed E-state index contributed by atoms with van der Waals surface area (Å²) in [5, 5.41) is 2.09. The van der Waals surface area contributed by atoms with Gasteiger partial charge in [-0.05, 0) is 42.6 Å². The highest BCUT2D eigenvalue weighted by Gasteiger charge is 2.31. The second-order valence-corrected chi connectivity index (χ2v) is 8.35. The first kappa shape index (κ1) is 18.6. The Kier molecular flexibility index (Phi) is 6.30. The maximum atomic E-state index is 12.8. The third kappa shape index (κ3) is 5.39. The van der Waals surface area contributed by atoms with Gasteiger partial charge in [0.15, 0.2) is 0 Å². The smallest absolute Gasteiger partial charge is 0.369 e. The van der Waals surface area contributed by atoms with E-state index in [2.05, 4.69) is 22.4 Å². The molecule has 0 unspecified atom stereocenters. The van der Waals surface area contributed by atoms with Gasteiger partial charge in [0.05, 0.1) is 9.77 Å². The quantitative estimate of drug-likeness (QED) is 0.505. The standard InChI is InChI=1S/C18H21F3N2S2/c19-18(20,21)15-4-1-5-16(14-15)23-10-8-22(9-11-23)7-3-13-25-17-6-2-12-24-17/h1-2,4-6,12,14H,3,7-11,13H2. The van der Waals surface area contributed by atoms with E-state index in [0.717, 1.165) is 51.0 Å². The van der Waals surface area contributed by atoms with E-state index in [-0.39, 0.29) is 0 Å². The zero-order chi connectivity index (χ0) is 17.7. The fourth-order valence-electron chi connectivity index (χ4n) is 2.92. The number of benzene rings is 1. The minimum absolute atomic E-state index is 0.571. The van der Waals surface area contributed by atoms with Gasteiger partial charge in [0.25, 0.3) is 0 Å². The molecular formula is C18H21F3N2S2. The molecule has 2 aromatic rings. The van der Waals surface area contributed by atoms with E-state index in [4.69, 9.17) is 0 Å². The van der Waals surface area contributed by atoms with Crippen LogP contribution >= 0.6 is 23.1 Å². The van der Waals surface area contributed by atoms with Crippen LogP contribution in [0.15, 0.2) is 46.0 Å². The Morgan fingerprint density at radius 1 is 1.04 bits per heavy atom. The predicted octanol–water partition coefficient (Wildman–Crippen LogP) is 5.07. The molecule has 1 aliphatic rings. The van der Waals surface area contributed by atoms with Crippen molar-refractivity contribution >= 4 is 28.8 Å². The van der Waals surface area contributed by atoms with Gasteiger partial charge in [0.1, 0.15) is 0 Å². The summed E-state index contributed by atoms with van der Waals surface area (Å²) in [5.74, 6) is 1.11. The van der Waals surface area contributed by atoms with Crippen LogP contribution in [0.2, 0.25) is 0 Å². The molecule has 0 spiro atoms. The molecule has 25 heavy (non-hydrogen) atoms. The largest absolute Gasteiger partial charge is 0.416 e. The molecule has 0 N–H and O–H groups in total. The summed E-state index contributed by atoms with van der Waals surface area (Å²) >= 11 is 3.66. The number of nitrogens with zero attached hydrogens (tertiary/aromatic N) is 2. The van der Waals surface area contributed by atoms with Crippen molar-refractivity contribution in [1.82, 2.24) is 4.90 Å². The van der Waals surface area contributed by atoms with Gasteiger partial charge in [0, 0.05) is 37.6 Å². The average Bonchev–Trinajstić information content (AvgIpc) is 3.12. The molecule has 1 aromatic heterocycles. The van der Waals surface area contributed by atoms with E-state index in [1.54, 1.807) is 17.4 Å². The highest BCUT2D eigenvalue weighted by Crippen LogP contribution is 2.32. The van der Waals surface area contributed by atoms with Crippen molar-refractivity contribution in [2.75, 3.05) is 43.4 Å². The fourth-order valence-corrected chi connectivity index (χ4v) is 4.70. The van der Waals surface area contributed by atoms with E-state index in [0.29, 0.717) is 5.69 Å². The first-order valence-electron chi connectivity index (χ1n) is 8.33. The Hall–Kier alpha value is -1.18. The van der Waals surface area contributed by atoms with Gasteiger partial charge in [-0.2, -0.15) is 13.2 Å². The van der Waals surface area contributed by atoms with Crippen molar-refractivity contribution in [2.24, 2.45) is 0 Å². The van der Waals surface area contributed by atoms with Crippen LogP contribution < -0.4 is 4.90 Å². The molecule has 136 valence electrons. The van der Waals surface area contributed by atoms with Crippen LogP contribution in [0.4, 0.5) is 18.9 Å². The molecule has 1 fully saturated rings. The number of alkyl halides is 3. The maximum Gasteiger partial charge on any atom is 0.416 e. The molecule has 2 nitrogen and oxygen atoms in total. The Labute approximate surface area is 154 Å². The summed E-state index contributed by atoms with van der Waals surface area (Å²) < 4.78 is 39.9. The maximum absolute atomic E-state index is 12.8. The van der Waals surface area contributed by atoms with Crippen LogP contribution in [0.1, 0.15) is 12.0 Å². The number of halogens is 3. The minimum atomic E-state index is -4.28. The molecule has 1 aliphatic heterocycles. The van der Waals surface area contributed by atoms with E-state index < -0.39 is 11.7 Å². The summed E-state index contributed by atoms with van der Waals surface area (Å²) in [6, 6.07) is 9.86. The summed E-state index contributed by atoms with van der Waals surface area (Å²) in [5.41, 5.74) is 0.0979. The molecule has 0 atom stereocenters. The SMILES string of the molecule is FC(F)(F)c1cccc(N2CCN(CCCSc3cccs3)CC2)c1. The van der Waals surface area contributed by atoms with Crippen molar-refractivity contribution in [1.29, 1.82) is 0 Å². The number of rotatable bonds is 6. The zero-order valence-corrected chi connectivity index (χ0v) is 15.5. The highest BCUT2D eigenvalue weighted by atomic mass is 32.2. The second kappa shape index (κ2) is 8.47. The number of hydrogen-bond donors (Lipinski definition) is 0. The summed E-state index contributed by atoms with van der Waals surface area (Å²) in [6.07, 6.45) is -3.15. The zero-order valence-electron chi connectivity index (χ0n) is 13.8. The number of thioether (sulfide) groups is 1. The molecule has 0 saturated carbocycles. The Bertz CT molecular complexity index is 651. The third-order valence-corrected chi connectivity index (χ3v) is 6.49. The molecule has 0 aliphatic carbocycles. The lowest BCUT2D eigenvalue weighted by molar-refractivity contribution is -0.137. The monoisotopic (exact) mass is 386 g/mol. The molecule has 0 bridgehead atoms. The van der Waals surface area contributed by atoms with Crippen molar-refractivity contribution in [3.8, 4) is 0 Å². The van der Waals surface area contributed by atoms with Crippen LogP contribution in [0.5, 0.6) is 0 Å². The van der Waals surface area contributed by atoms with Crippen molar-refractivity contribution in [3.05, 3.63) is 47.3 Å².